The minimum absolute atomic E-state index is 0. The number of carbonyl (C=O) groups excluding carboxylic acids is 1. The normalized spacial score (nSPS) is 17.2. The molecule has 0 radical (unpaired) electrons. The summed E-state index contributed by atoms with van der Waals surface area (Å²) in [5.41, 5.74) is 0. The Bertz CT molecular complexity index is 44.9. The van der Waals surface area contributed by atoms with Gasteiger partial charge < -0.3 is 0 Å². The van der Waals surface area contributed by atoms with Crippen molar-refractivity contribution in [3.05, 3.63) is 0 Å². The van der Waals surface area contributed by atoms with Gasteiger partial charge in [-0.05, 0) is 0 Å². The van der Waals surface area contributed by atoms with Gasteiger partial charge in [-0.1, -0.05) is 0 Å². The Hall–Kier alpha value is -0.265. The van der Waals surface area contributed by atoms with Gasteiger partial charge in [0.25, 0.3) is 0 Å². The third-order valence-electron chi connectivity index (χ3n) is 0.454. The van der Waals surface area contributed by atoms with Crippen LogP contribution in [0, 0.1) is 0 Å². The molecule has 0 unspecified atom stereocenters. The van der Waals surface area contributed by atoms with Crippen molar-refractivity contribution >= 4 is 14.2 Å². The lowest BCUT2D eigenvalue weighted by atomic mass is 10.8. The minimum atomic E-state index is 0. The van der Waals surface area contributed by atoms with Crippen molar-refractivity contribution in [1.29, 1.82) is 0 Å². The van der Waals surface area contributed by atoms with Gasteiger partial charge in [-0.3, -0.25) is 4.79 Å². The molecule has 0 spiro atoms. The van der Waals surface area contributed by atoms with Crippen LogP contribution >= 0.6 is 0 Å². The molecule has 2 heteroatoms. The van der Waals surface area contributed by atoms with Gasteiger partial charge in [0, 0.05) is 12.8 Å². The van der Waals surface area contributed by atoms with Crippen molar-refractivity contribution < 1.29 is 4.79 Å². The number of Topliss-reactive ketones (excluding diaryl/α,β-unsaturated/α-hetero) is 1. The Labute approximate surface area is 32.9 Å². The van der Waals surface area contributed by atoms with E-state index in [9.17, 15) is 4.79 Å². The maximum atomic E-state index is 9.56. The third kappa shape index (κ3) is 1.50. The van der Waals surface area contributed by atoms with Gasteiger partial charge in [0.1, 0.15) is 5.78 Å². The summed E-state index contributed by atoms with van der Waals surface area (Å²) in [4.78, 5) is 9.56. The van der Waals surface area contributed by atoms with Gasteiger partial charge in [0.2, 0.25) is 0 Å². The lowest BCUT2D eigenvalue weighted by molar-refractivity contribution is -0.109. The highest BCUT2D eigenvalue weighted by Gasteiger charge is 2.13. The molecule has 1 nitrogen and oxygen atoms in total. The molecule has 1 fully saturated rings. The second-order valence-corrected chi connectivity index (χ2v) is 1.04. The zero-order chi connectivity index (χ0) is 2.99. The molecular weight excluding hydrogens is 62.8 g/mol. The van der Waals surface area contributed by atoms with E-state index in [2.05, 4.69) is 0 Å². The van der Waals surface area contributed by atoms with E-state index in [0.29, 0.717) is 5.78 Å². The van der Waals surface area contributed by atoms with Gasteiger partial charge in [0.05, 0.1) is 8.41 Å². The summed E-state index contributed by atoms with van der Waals surface area (Å²) >= 11 is 0. The van der Waals surface area contributed by atoms with Crippen LogP contribution in [0.15, 0.2) is 0 Å². The fourth-order valence-electron chi connectivity index (χ4n) is 0.0510. The first-order valence-corrected chi connectivity index (χ1v) is 1.41. The van der Waals surface area contributed by atoms with E-state index in [0.717, 1.165) is 12.8 Å². The van der Waals surface area contributed by atoms with Crippen LogP contribution in [-0.4, -0.2) is 14.2 Å². The first-order chi connectivity index (χ1) is 1.89. The molecular formula is C3H7BO. The van der Waals surface area contributed by atoms with Crippen molar-refractivity contribution in [3.8, 4) is 0 Å². The fraction of sp³-hybridized carbons (Fsp3) is 0.667. The van der Waals surface area contributed by atoms with Crippen LogP contribution in [0.1, 0.15) is 12.8 Å². The second-order valence-electron chi connectivity index (χ2n) is 1.04. The van der Waals surface area contributed by atoms with Crippen LogP contribution < -0.4 is 0 Å². The van der Waals surface area contributed by atoms with E-state index in [-0.39, 0.29) is 8.41 Å². The van der Waals surface area contributed by atoms with Crippen molar-refractivity contribution in [2.75, 3.05) is 0 Å². The monoisotopic (exact) mass is 70.1 g/mol. The standard InChI is InChI=1S/C3H4O.BH3/c4-3-1-2-3;/h1-2H2;1H3. The molecule has 0 N–H and O–H groups in total. The Morgan fingerprint density at radius 3 is 1.60 bits per heavy atom. The molecule has 1 aliphatic carbocycles. The van der Waals surface area contributed by atoms with E-state index < -0.39 is 0 Å². The minimum Gasteiger partial charge on any atom is -0.300 e. The average molecular weight is 69.9 g/mol. The predicted octanol–water partition coefficient (Wildman–Crippen LogP) is -0.835. The fourth-order valence-corrected chi connectivity index (χ4v) is 0.0510. The Balaban J connectivity index is 0.000000160. The maximum Gasteiger partial charge on any atom is 0.133 e. The Kier molecular flexibility index (Phi) is 1.18. The molecule has 0 aliphatic heterocycles. The van der Waals surface area contributed by atoms with Gasteiger partial charge >= 0.3 is 0 Å². The molecule has 0 aromatic rings. The quantitative estimate of drug-likeness (QED) is 0.340. The predicted molar refractivity (Wildman–Crippen MR) is 24.2 cm³/mol. The van der Waals surface area contributed by atoms with E-state index in [1.165, 1.54) is 0 Å². The van der Waals surface area contributed by atoms with Gasteiger partial charge in [-0.15, -0.1) is 0 Å². The SMILES string of the molecule is B.O=C1CC1. The first-order valence-electron chi connectivity index (χ1n) is 1.41. The zero-order valence-electron chi connectivity index (χ0n) is 2.32. The summed E-state index contributed by atoms with van der Waals surface area (Å²) in [6, 6.07) is 0. The van der Waals surface area contributed by atoms with Crippen molar-refractivity contribution in [1.82, 2.24) is 0 Å². The third-order valence-corrected chi connectivity index (χ3v) is 0.454. The molecule has 0 heterocycles. The summed E-state index contributed by atoms with van der Waals surface area (Å²) in [5.74, 6) is 0.417. The maximum absolute atomic E-state index is 9.56. The Morgan fingerprint density at radius 1 is 1.40 bits per heavy atom. The topological polar surface area (TPSA) is 17.1 Å². The van der Waals surface area contributed by atoms with Gasteiger partial charge in [-0.2, -0.15) is 0 Å². The first kappa shape index (κ1) is 4.73. The molecule has 0 aromatic carbocycles. The van der Waals surface area contributed by atoms with Gasteiger partial charge in [0.15, 0.2) is 0 Å². The second kappa shape index (κ2) is 1.25. The van der Waals surface area contributed by atoms with E-state index in [4.69, 9.17) is 0 Å². The number of hydrogen-bond acceptors (Lipinski definition) is 1. The number of carbonyl (C=O) groups is 1. The van der Waals surface area contributed by atoms with Crippen LogP contribution in [-0.2, 0) is 4.79 Å². The molecule has 0 atom stereocenters. The molecule has 1 rings (SSSR count). The highest BCUT2D eigenvalue weighted by Crippen LogP contribution is 2.08. The van der Waals surface area contributed by atoms with Crippen LogP contribution in [0.5, 0.6) is 0 Å². The lowest BCUT2D eigenvalue weighted by Gasteiger charge is -1.26. The summed E-state index contributed by atoms with van der Waals surface area (Å²) in [5, 5.41) is 0. The van der Waals surface area contributed by atoms with Gasteiger partial charge in [-0.25, -0.2) is 0 Å². The van der Waals surface area contributed by atoms with Crippen molar-refractivity contribution in [3.63, 3.8) is 0 Å². The Morgan fingerprint density at radius 2 is 1.60 bits per heavy atom. The molecule has 0 amide bonds. The molecule has 0 aromatic heterocycles. The van der Waals surface area contributed by atoms with E-state index in [1.54, 1.807) is 0 Å². The zero-order valence-corrected chi connectivity index (χ0v) is 2.32. The molecule has 1 saturated carbocycles. The largest absolute Gasteiger partial charge is 0.300 e. The molecule has 28 valence electrons. The number of ketones is 1. The van der Waals surface area contributed by atoms with E-state index in [1.807, 2.05) is 0 Å². The smallest absolute Gasteiger partial charge is 0.133 e. The van der Waals surface area contributed by atoms with Crippen LogP contribution in [0.4, 0.5) is 0 Å². The van der Waals surface area contributed by atoms with Crippen LogP contribution in [0.3, 0.4) is 0 Å². The van der Waals surface area contributed by atoms with Crippen molar-refractivity contribution in [2.45, 2.75) is 12.8 Å². The van der Waals surface area contributed by atoms with E-state index >= 15 is 0 Å². The highest BCUT2D eigenvalue weighted by atomic mass is 16.1. The summed E-state index contributed by atoms with van der Waals surface area (Å²) in [6.07, 6.45) is 1.69. The molecule has 5 heavy (non-hydrogen) atoms. The molecule has 0 saturated heterocycles. The molecule has 0 bridgehead atoms. The highest BCUT2D eigenvalue weighted by molar-refractivity contribution is 5.92. The summed E-state index contributed by atoms with van der Waals surface area (Å²) in [6.45, 7) is 0. The summed E-state index contributed by atoms with van der Waals surface area (Å²) in [7, 11) is 0. The lowest BCUT2D eigenvalue weighted by Crippen LogP contribution is -1.44. The van der Waals surface area contributed by atoms with Crippen LogP contribution in [0.2, 0.25) is 0 Å². The average Bonchev–Trinajstić information content (AvgIpc) is 1.75. The summed E-state index contributed by atoms with van der Waals surface area (Å²) < 4.78 is 0. The van der Waals surface area contributed by atoms with Crippen LogP contribution in [0.25, 0.3) is 0 Å². The van der Waals surface area contributed by atoms with Crippen molar-refractivity contribution in [2.24, 2.45) is 0 Å². The number of hydrogen-bond donors (Lipinski definition) is 0. The number of rotatable bonds is 0. The molecule has 1 aliphatic rings.